The van der Waals surface area contributed by atoms with Crippen molar-refractivity contribution in [1.82, 2.24) is 4.98 Å². The van der Waals surface area contributed by atoms with Crippen molar-refractivity contribution in [2.24, 2.45) is 0 Å². The first-order valence-electron chi connectivity index (χ1n) is 6.19. The van der Waals surface area contributed by atoms with E-state index >= 15 is 0 Å². The smallest absolute Gasteiger partial charge is 0.169 e. The lowest BCUT2D eigenvalue weighted by atomic mass is 10.00. The molecule has 0 aliphatic carbocycles. The highest BCUT2D eigenvalue weighted by molar-refractivity contribution is 5.94. The van der Waals surface area contributed by atoms with Gasteiger partial charge in [-0.05, 0) is 13.0 Å². The highest BCUT2D eigenvalue weighted by Crippen LogP contribution is 2.33. The van der Waals surface area contributed by atoms with Crippen LogP contribution in [0.15, 0.2) is 36.4 Å². The minimum Gasteiger partial charge on any atom is -0.252 e. The van der Waals surface area contributed by atoms with Crippen LogP contribution in [0.2, 0.25) is 0 Å². The van der Waals surface area contributed by atoms with Gasteiger partial charge in [-0.1, -0.05) is 24.3 Å². The summed E-state index contributed by atoms with van der Waals surface area (Å²) in [6, 6.07) is 8.30. The van der Waals surface area contributed by atoms with Crippen LogP contribution in [0.4, 0.5) is 17.6 Å². The fourth-order valence-corrected chi connectivity index (χ4v) is 2.26. The molecule has 21 heavy (non-hydrogen) atoms. The zero-order valence-electron chi connectivity index (χ0n) is 10.9. The predicted molar refractivity (Wildman–Crippen MR) is 71.7 cm³/mol. The molecule has 0 aliphatic heterocycles. The minimum absolute atomic E-state index is 0.0181. The molecule has 0 saturated carbocycles. The molecule has 3 rings (SSSR count). The van der Waals surface area contributed by atoms with Crippen LogP contribution in [0.5, 0.6) is 0 Å². The van der Waals surface area contributed by atoms with Gasteiger partial charge in [0.15, 0.2) is 23.3 Å². The van der Waals surface area contributed by atoms with Gasteiger partial charge in [-0.25, -0.2) is 17.6 Å². The van der Waals surface area contributed by atoms with Gasteiger partial charge in [-0.15, -0.1) is 0 Å². The van der Waals surface area contributed by atoms with Crippen molar-refractivity contribution in [3.8, 4) is 11.1 Å². The molecular formula is C16H9F4N. The zero-order valence-corrected chi connectivity index (χ0v) is 10.9. The standard InChI is InChI=1S/C16H9F4N/c1-8-5-6-9-3-2-4-10(16(9)21-8)13-14(19)11(17)7-12(18)15(13)20/h2-7H,1H3. The maximum atomic E-state index is 13.9. The second kappa shape index (κ2) is 4.84. The highest BCUT2D eigenvalue weighted by Gasteiger charge is 2.22. The number of pyridine rings is 1. The molecule has 0 fully saturated rings. The van der Waals surface area contributed by atoms with Crippen LogP contribution in [-0.2, 0) is 0 Å². The summed E-state index contributed by atoms with van der Waals surface area (Å²) in [5, 5.41) is 0.626. The molecule has 0 bridgehead atoms. The largest absolute Gasteiger partial charge is 0.252 e. The average molecular weight is 291 g/mol. The third kappa shape index (κ3) is 2.14. The molecule has 0 saturated heterocycles. The monoisotopic (exact) mass is 291 g/mol. The van der Waals surface area contributed by atoms with Crippen LogP contribution in [0.25, 0.3) is 22.0 Å². The molecular weight excluding hydrogens is 282 g/mol. The SMILES string of the molecule is Cc1ccc2cccc(-c3c(F)c(F)cc(F)c3F)c2n1. The number of para-hydroxylation sites is 1. The van der Waals surface area contributed by atoms with E-state index in [-0.39, 0.29) is 11.6 Å². The fourth-order valence-electron chi connectivity index (χ4n) is 2.26. The van der Waals surface area contributed by atoms with E-state index < -0.39 is 28.8 Å². The lowest BCUT2D eigenvalue weighted by Crippen LogP contribution is -2.00. The molecule has 1 aromatic heterocycles. The van der Waals surface area contributed by atoms with E-state index in [2.05, 4.69) is 4.98 Å². The van der Waals surface area contributed by atoms with Crippen molar-refractivity contribution < 1.29 is 17.6 Å². The Morgan fingerprint density at radius 1 is 0.857 bits per heavy atom. The normalized spacial score (nSPS) is 11.1. The maximum absolute atomic E-state index is 13.9. The number of aryl methyl sites for hydroxylation is 1. The van der Waals surface area contributed by atoms with E-state index in [4.69, 9.17) is 0 Å². The molecule has 3 aromatic rings. The molecule has 0 radical (unpaired) electrons. The number of halogens is 4. The van der Waals surface area contributed by atoms with Gasteiger partial charge in [0.2, 0.25) is 0 Å². The lowest BCUT2D eigenvalue weighted by molar-refractivity contribution is 0.458. The number of fused-ring (bicyclic) bond motifs is 1. The number of benzene rings is 2. The summed E-state index contributed by atoms with van der Waals surface area (Å²) in [5.74, 6) is -5.73. The Morgan fingerprint density at radius 3 is 2.19 bits per heavy atom. The number of rotatable bonds is 1. The van der Waals surface area contributed by atoms with Crippen LogP contribution < -0.4 is 0 Å². The quantitative estimate of drug-likeness (QED) is 0.465. The van der Waals surface area contributed by atoms with Crippen molar-refractivity contribution in [3.63, 3.8) is 0 Å². The topological polar surface area (TPSA) is 12.9 Å². The first-order chi connectivity index (χ1) is 9.99. The van der Waals surface area contributed by atoms with E-state index in [1.54, 1.807) is 31.2 Å². The Hall–Kier alpha value is -2.43. The number of hydrogen-bond donors (Lipinski definition) is 0. The molecule has 1 heterocycles. The van der Waals surface area contributed by atoms with Crippen molar-refractivity contribution in [2.75, 3.05) is 0 Å². The average Bonchev–Trinajstić information content (AvgIpc) is 2.46. The molecule has 0 aliphatic rings. The zero-order chi connectivity index (χ0) is 15.1. The third-order valence-corrected chi connectivity index (χ3v) is 3.24. The van der Waals surface area contributed by atoms with Gasteiger partial charge in [0.1, 0.15) is 0 Å². The molecule has 0 spiro atoms. The van der Waals surface area contributed by atoms with E-state index in [1.165, 1.54) is 6.07 Å². The number of hydrogen-bond acceptors (Lipinski definition) is 1. The molecule has 5 heteroatoms. The summed E-state index contributed by atoms with van der Waals surface area (Å²) in [5.41, 5.74) is 0.203. The summed E-state index contributed by atoms with van der Waals surface area (Å²) in [4.78, 5) is 4.22. The van der Waals surface area contributed by atoms with Crippen molar-refractivity contribution in [2.45, 2.75) is 6.92 Å². The van der Waals surface area contributed by atoms with Crippen LogP contribution >= 0.6 is 0 Å². The predicted octanol–water partition coefficient (Wildman–Crippen LogP) is 4.77. The first kappa shape index (κ1) is 13.5. The first-order valence-corrected chi connectivity index (χ1v) is 6.19. The van der Waals surface area contributed by atoms with Gasteiger partial charge in [-0.3, -0.25) is 4.98 Å². The van der Waals surface area contributed by atoms with Crippen LogP contribution in [0.3, 0.4) is 0 Å². The summed E-state index contributed by atoms with van der Waals surface area (Å²) in [6.07, 6.45) is 0. The Bertz CT molecular complexity index is 832. The number of aromatic nitrogens is 1. The molecule has 0 atom stereocenters. The number of nitrogens with zero attached hydrogens (tertiary/aromatic N) is 1. The van der Waals surface area contributed by atoms with Crippen molar-refractivity contribution >= 4 is 10.9 Å². The van der Waals surface area contributed by atoms with Crippen LogP contribution in [0, 0.1) is 30.2 Å². The summed E-state index contributed by atoms with van der Waals surface area (Å²) in [6.45, 7) is 1.72. The van der Waals surface area contributed by atoms with E-state index in [1.807, 2.05) is 0 Å². The van der Waals surface area contributed by atoms with Gasteiger partial charge < -0.3 is 0 Å². The van der Waals surface area contributed by atoms with Gasteiger partial charge in [-0.2, -0.15) is 0 Å². The van der Waals surface area contributed by atoms with Gasteiger partial charge >= 0.3 is 0 Å². The van der Waals surface area contributed by atoms with Gasteiger partial charge in [0.05, 0.1) is 11.1 Å². The second-order valence-electron chi connectivity index (χ2n) is 4.67. The minimum atomic E-state index is -1.44. The third-order valence-electron chi connectivity index (χ3n) is 3.24. The molecule has 0 amide bonds. The molecule has 2 aromatic carbocycles. The lowest BCUT2D eigenvalue weighted by Gasteiger charge is -2.10. The van der Waals surface area contributed by atoms with E-state index in [0.717, 1.165) is 0 Å². The molecule has 1 nitrogen and oxygen atoms in total. The Labute approximate surface area is 117 Å². The van der Waals surface area contributed by atoms with Crippen LogP contribution in [0.1, 0.15) is 5.69 Å². The second-order valence-corrected chi connectivity index (χ2v) is 4.67. The maximum Gasteiger partial charge on any atom is 0.169 e. The Balaban J connectivity index is 2.44. The van der Waals surface area contributed by atoms with E-state index in [0.29, 0.717) is 16.6 Å². The van der Waals surface area contributed by atoms with Crippen molar-refractivity contribution in [3.05, 3.63) is 65.4 Å². The molecule has 106 valence electrons. The van der Waals surface area contributed by atoms with E-state index in [9.17, 15) is 17.6 Å². The summed E-state index contributed by atoms with van der Waals surface area (Å²) >= 11 is 0. The highest BCUT2D eigenvalue weighted by atomic mass is 19.2. The Kier molecular flexibility index (Phi) is 3.12. The van der Waals surface area contributed by atoms with Gasteiger partial charge in [0.25, 0.3) is 0 Å². The molecule has 0 unspecified atom stereocenters. The summed E-state index contributed by atoms with van der Waals surface area (Å²) in [7, 11) is 0. The van der Waals surface area contributed by atoms with Crippen LogP contribution in [-0.4, -0.2) is 4.98 Å². The van der Waals surface area contributed by atoms with Crippen molar-refractivity contribution in [1.29, 1.82) is 0 Å². The fraction of sp³-hybridized carbons (Fsp3) is 0.0625. The van der Waals surface area contributed by atoms with Gasteiger partial charge in [0, 0.05) is 22.7 Å². The molecule has 0 N–H and O–H groups in total. The Morgan fingerprint density at radius 2 is 1.52 bits per heavy atom. The summed E-state index contributed by atoms with van der Waals surface area (Å²) < 4.78 is 54.7.